The third kappa shape index (κ3) is 4.64. The molecule has 0 radical (unpaired) electrons. The molecule has 0 aliphatic heterocycles. The lowest BCUT2D eigenvalue weighted by molar-refractivity contribution is -0.143. The SMILES string of the molecule is CCOC(=O)CN(CCOC)C(=O)c1cc(Br)cn1C. The van der Waals surface area contributed by atoms with Crippen LogP contribution >= 0.6 is 15.9 Å². The Hall–Kier alpha value is -1.34. The van der Waals surface area contributed by atoms with Crippen LogP contribution in [0.15, 0.2) is 16.7 Å². The molecule has 0 saturated heterocycles. The number of carbonyl (C=O) groups is 2. The fourth-order valence-electron chi connectivity index (χ4n) is 1.72. The van der Waals surface area contributed by atoms with Crippen molar-refractivity contribution in [2.75, 3.05) is 33.4 Å². The topological polar surface area (TPSA) is 60.8 Å². The second-order valence-corrected chi connectivity index (χ2v) is 5.09. The van der Waals surface area contributed by atoms with Crippen molar-refractivity contribution in [1.29, 1.82) is 0 Å². The maximum absolute atomic E-state index is 12.4. The molecular weight excluding hydrogens is 328 g/mol. The van der Waals surface area contributed by atoms with Crippen LogP contribution in [0, 0.1) is 0 Å². The summed E-state index contributed by atoms with van der Waals surface area (Å²) in [6, 6.07) is 1.72. The van der Waals surface area contributed by atoms with Crippen LogP contribution in [-0.2, 0) is 21.3 Å². The molecule has 0 aliphatic carbocycles. The Morgan fingerprint density at radius 2 is 2.15 bits per heavy atom. The minimum atomic E-state index is -0.426. The lowest BCUT2D eigenvalue weighted by Gasteiger charge is -2.21. The van der Waals surface area contributed by atoms with Crippen molar-refractivity contribution in [1.82, 2.24) is 9.47 Å². The van der Waals surface area contributed by atoms with E-state index >= 15 is 0 Å². The van der Waals surface area contributed by atoms with Gasteiger partial charge >= 0.3 is 5.97 Å². The average Bonchev–Trinajstić information content (AvgIpc) is 2.73. The molecule has 0 unspecified atom stereocenters. The van der Waals surface area contributed by atoms with Gasteiger partial charge in [-0.05, 0) is 28.9 Å². The zero-order valence-electron chi connectivity index (χ0n) is 11.9. The molecule has 1 rings (SSSR count). The number of hydrogen-bond acceptors (Lipinski definition) is 4. The second kappa shape index (κ2) is 8.06. The van der Waals surface area contributed by atoms with Gasteiger partial charge in [-0.2, -0.15) is 0 Å². The average molecular weight is 347 g/mol. The fraction of sp³-hybridized carbons (Fsp3) is 0.538. The van der Waals surface area contributed by atoms with E-state index in [4.69, 9.17) is 9.47 Å². The highest BCUT2D eigenvalue weighted by Gasteiger charge is 2.21. The smallest absolute Gasteiger partial charge is 0.325 e. The van der Waals surface area contributed by atoms with E-state index in [1.807, 2.05) is 0 Å². The third-order valence-electron chi connectivity index (χ3n) is 2.67. The standard InChI is InChI=1S/C13H19BrN2O4/c1-4-20-12(17)9-16(5-6-19-3)13(18)11-7-10(14)8-15(11)2/h7-8H,4-6,9H2,1-3H3. The molecular formula is C13H19BrN2O4. The predicted octanol–water partition coefficient (Wildman–Crippen LogP) is 1.44. The quantitative estimate of drug-likeness (QED) is 0.701. The molecule has 1 aromatic rings. The summed E-state index contributed by atoms with van der Waals surface area (Å²) in [5.41, 5.74) is 0.497. The van der Waals surface area contributed by atoms with Crippen LogP contribution in [0.25, 0.3) is 0 Å². The first kappa shape index (κ1) is 16.7. The van der Waals surface area contributed by atoms with E-state index < -0.39 is 5.97 Å². The molecule has 1 amide bonds. The van der Waals surface area contributed by atoms with Crippen molar-refractivity contribution in [3.8, 4) is 0 Å². The number of amides is 1. The summed E-state index contributed by atoms with van der Waals surface area (Å²) in [5, 5.41) is 0. The predicted molar refractivity (Wildman–Crippen MR) is 77.5 cm³/mol. The highest BCUT2D eigenvalue weighted by molar-refractivity contribution is 9.10. The maximum atomic E-state index is 12.4. The van der Waals surface area contributed by atoms with Gasteiger partial charge in [0.1, 0.15) is 12.2 Å². The zero-order chi connectivity index (χ0) is 15.1. The number of halogens is 1. The number of ether oxygens (including phenoxy) is 2. The summed E-state index contributed by atoms with van der Waals surface area (Å²) in [5.74, 6) is -0.659. The Balaban J connectivity index is 2.83. The van der Waals surface area contributed by atoms with E-state index in [1.54, 1.807) is 37.9 Å². The molecule has 0 aromatic carbocycles. The minimum Gasteiger partial charge on any atom is -0.465 e. The summed E-state index contributed by atoms with van der Waals surface area (Å²) in [6.07, 6.45) is 1.78. The van der Waals surface area contributed by atoms with Crippen LogP contribution in [0.5, 0.6) is 0 Å². The van der Waals surface area contributed by atoms with E-state index in [1.165, 1.54) is 4.90 Å². The van der Waals surface area contributed by atoms with Crippen molar-refractivity contribution in [2.24, 2.45) is 7.05 Å². The van der Waals surface area contributed by atoms with Crippen LogP contribution in [0.1, 0.15) is 17.4 Å². The summed E-state index contributed by atoms with van der Waals surface area (Å²) < 4.78 is 12.4. The fourth-order valence-corrected chi connectivity index (χ4v) is 2.24. The lowest BCUT2D eigenvalue weighted by Crippen LogP contribution is -2.39. The van der Waals surface area contributed by atoms with Gasteiger partial charge in [-0.3, -0.25) is 9.59 Å². The van der Waals surface area contributed by atoms with Gasteiger partial charge in [0.05, 0.1) is 13.2 Å². The van der Waals surface area contributed by atoms with Crippen LogP contribution < -0.4 is 0 Å². The Morgan fingerprint density at radius 3 is 2.65 bits per heavy atom. The molecule has 0 saturated carbocycles. The maximum Gasteiger partial charge on any atom is 0.325 e. The van der Waals surface area contributed by atoms with E-state index in [9.17, 15) is 9.59 Å². The van der Waals surface area contributed by atoms with E-state index in [0.29, 0.717) is 25.5 Å². The first-order valence-electron chi connectivity index (χ1n) is 6.25. The van der Waals surface area contributed by atoms with Crippen molar-refractivity contribution in [3.05, 3.63) is 22.4 Å². The number of rotatable bonds is 7. The molecule has 0 N–H and O–H groups in total. The number of esters is 1. The molecule has 6 nitrogen and oxygen atoms in total. The Kier molecular flexibility index (Phi) is 6.74. The van der Waals surface area contributed by atoms with Gasteiger partial charge in [0.2, 0.25) is 0 Å². The van der Waals surface area contributed by atoms with Crippen LogP contribution in [0.3, 0.4) is 0 Å². The first-order valence-corrected chi connectivity index (χ1v) is 7.04. The van der Waals surface area contributed by atoms with Crippen LogP contribution in [0.4, 0.5) is 0 Å². The van der Waals surface area contributed by atoms with Gasteiger partial charge in [0.15, 0.2) is 0 Å². The highest BCUT2D eigenvalue weighted by Crippen LogP contribution is 2.15. The molecule has 0 spiro atoms. The van der Waals surface area contributed by atoms with Crippen LogP contribution in [0.2, 0.25) is 0 Å². The van der Waals surface area contributed by atoms with Gasteiger partial charge in [-0.25, -0.2) is 0 Å². The van der Waals surface area contributed by atoms with Crippen LogP contribution in [-0.4, -0.2) is 54.8 Å². The minimum absolute atomic E-state index is 0.0845. The summed E-state index contributed by atoms with van der Waals surface area (Å²) >= 11 is 3.32. The molecule has 1 heterocycles. The van der Waals surface area contributed by atoms with Crippen molar-refractivity contribution >= 4 is 27.8 Å². The van der Waals surface area contributed by atoms with E-state index in [0.717, 1.165) is 4.47 Å². The van der Waals surface area contributed by atoms with Gasteiger partial charge in [-0.1, -0.05) is 0 Å². The third-order valence-corrected chi connectivity index (χ3v) is 3.10. The Morgan fingerprint density at radius 1 is 1.45 bits per heavy atom. The monoisotopic (exact) mass is 346 g/mol. The van der Waals surface area contributed by atoms with E-state index in [-0.39, 0.29) is 12.5 Å². The van der Waals surface area contributed by atoms with Gasteiger partial charge in [0.25, 0.3) is 5.91 Å². The summed E-state index contributed by atoms with van der Waals surface area (Å²) in [7, 11) is 3.32. The second-order valence-electron chi connectivity index (χ2n) is 4.18. The number of aryl methyl sites for hydroxylation is 1. The Labute approximate surface area is 126 Å². The zero-order valence-corrected chi connectivity index (χ0v) is 13.5. The first-order chi connectivity index (χ1) is 9.49. The molecule has 20 heavy (non-hydrogen) atoms. The van der Waals surface area contributed by atoms with Gasteiger partial charge in [0, 0.05) is 31.4 Å². The highest BCUT2D eigenvalue weighted by atomic mass is 79.9. The molecule has 112 valence electrons. The van der Waals surface area contributed by atoms with E-state index in [2.05, 4.69) is 15.9 Å². The molecule has 0 atom stereocenters. The van der Waals surface area contributed by atoms with Crippen molar-refractivity contribution in [2.45, 2.75) is 6.92 Å². The molecule has 1 aromatic heterocycles. The van der Waals surface area contributed by atoms with Crippen molar-refractivity contribution in [3.63, 3.8) is 0 Å². The normalized spacial score (nSPS) is 10.4. The number of aromatic nitrogens is 1. The summed E-state index contributed by atoms with van der Waals surface area (Å²) in [4.78, 5) is 25.4. The largest absolute Gasteiger partial charge is 0.465 e. The van der Waals surface area contributed by atoms with Gasteiger partial charge in [-0.15, -0.1) is 0 Å². The van der Waals surface area contributed by atoms with Gasteiger partial charge < -0.3 is 18.9 Å². The van der Waals surface area contributed by atoms with Crippen molar-refractivity contribution < 1.29 is 19.1 Å². The number of nitrogens with zero attached hydrogens (tertiary/aromatic N) is 2. The molecule has 0 fully saturated rings. The number of carbonyl (C=O) groups excluding carboxylic acids is 2. The molecule has 0 bridgehead atoms. The number of hydrogen-bond donors (Lipinski definition) is 0. The molecule has 0 aliphatic rings. The summed E-state index contributed by atoms with van der Waals surface area (Å²) in [6.45, 7) is 2.63. The number of methoxy groups -OCH3 is 1. The Bertz CT molecular complexity index is 473. The molecule has 7 heteroatoms. The lowest BCUT2D eigenvalue weighted by atomic mass is 10.3.